The first-order chi connectivity index (χ1) is 6.57. The highest BCUT2D eigenvalue weighted by Crippen LogP contribution is 2.37. The van der Waals surface area contributed by atoms with Gasteiger partial charge in [0.2, 0.25) is 0 Å². The summed E-state index contributed by atoms with van der Waals surface area (Å²) in [4.78, 5) is 0. The normalized spacial score (nSPS) is 17.9. The Bertz CT molecular complexity index is 306. The van der Waals surface area contributed by atoms with Crippen LogP contribution in [0.1, 0.15) is 36.3 Å². The molecule has 0 atom stereocenters. The van der Waals surface area contributed by atoms with Crippen LogP contribution in [-0.4, -0.2) is 0 Å². The Kier molecular flexibility index (Phi) is 2.25. The van der Waals surface area contributed by atoms with Gasteiger partial charge in [-0.25, -0.2) is 0 Å². The second-order valence-electron chi connectivity index (χ2n) is 3.75. The van der Waals surface area contributed by atoms with Gasteiger partial charge in [0.05, 0.1) is 5.56 Å². The fourth-order valence-corrected chi connectivity index (χ4v) is 1.69. The average molecular weight is 200 g/mol. The minimum atomic E-state index is -4.21. The molecule has 0 radical (unpaired) electrons. The largest absolute Gasteiger partial charge is 0.416 e. The van der Waals surface area contributed by atoms with Crippen molar-refractivity contribution in [3.63, 3.8) is 0 Å². The first kappa shape index (κ1) is 9.56. The van der Waals surface area contributed by atoms with E-state index in [1.165, 1.54) is 18.6 Å². The SMILES string of the molecule is FC(F)(F)c1ccc(C2CCC2)cc1. The fourth-order valence-electron chi connectivity index (χ4n) is 1.69. The number of alkyl halides is 3. The lowest BCUT2D eigenvalue weighted by Gasteiger charge is -2.25. The third-order valence-electron chi connectivity index (χ3n) is 2.81. The van der Waals surface area contributed by atoms with E-state index in [9.17, 15) is 13.2 Å². The van der Waals surface area contributed by atoms with E-state index in [4.69, 9.17) is 0 Å². The van der Waals surface area contributed by atoms with Crippen molar-refractivity contribution in [2.45, 2.75) is 31.4 Å². The third-order valence-corrected chi connectivity index (χ3v) is 2.81. The molecule has 0 N–H and O–H groups in total. The molecule has 1 aliphatic carbocycles. The monoisotopic (exact) mass is 200 g/mol. The van der Waals surface area contributed by atoms with E-state index >= 15 is 0 Å². The van der Waals surface area contributed by atoms with Crippen molar-refractivity contribution in [1.82, 2.24) is 0 Å². The lowest BCUT2D eigenvalue weighted by Crippen LogP contribution is -2.10. The zero-order valence-electron chi connectivity index (χ0n) is 7.64. The molecular formula is C11H11F3. The van der Waals surface area contributed by atoms with Crippen LogP contribution < -0.4 is 0 Å². The van der Waals surface area contributed by atoms with Crippen LogP contribution in [0.3, 0.4) is 0 Å². The highest BCUT2D eigenvalue weighted by Gasteiger charge is 2.30. The molecule has 1 fully saturated rings. The van der Waals surface area contributed by atoms with Gasteiger partial charge in [0.25, 0.3) is 0 Å². The molecule has 0 spiro atoms. The summed E-state index contributed by atoms with van der Waals surface area (Å²) in [5, 5.41) is 0. The Morgan fingerprint density at radius 3 is 1.93 bits per heavy atom. The Balaban J connectivity index is 2.17. The van der Waals surface area contributed by atoms with Crippen LogP contribution in [0, 0.1) is 0 Å². The zero-order valence-corrected chi connectivity index (χ0v) is 7.64. The number of halogens is 3. The predicted molar refractivity (Wildman–Crippen MR) is 48.0 cm³/mol. The molecule has 14 heavy (non-hydrogen) atoms. The van der Waals surface area contributed by atoms with Crippen LogP contribution in [0.5, 0.6) is 0 Å². The van der Waals surface area contributed by atoms with E-state index in [1.807, 2.05) is 0 Å². The molecule has 0 aliphatic heterocycles. The van der Waals surface area contributed by atoms with Crippen LogP contribution in [0.2, 0.25) is 0 Å². The lowest BCUT2D eigenvalue weighted by atomic mass is 9.80. The molecule has 1 aliphatic rings. The standard InChI is InChI=1S/C11H11F3/c12-11(13,14)10-6-4-9(5-7-10)8-2-1-3-8/h4-8H,1-3H2. The van der Waals surface area contributed by atoms with E-state index in [2.05, 4.69) is 0 Å². The Hall–Kier alpha value is -0.990. The van der Waals surface area contributed by atoms with Crippen molar-refractivity contribution in [2.75, 3.05) is 0 Å². The van der Waals surface area contributed by atoms with Gasteiger partial charge in [0, 0.05) is 0 Å². The van der Waals surface area contributed by atoms with E-state index in [1.54, 1.807) is 12.1 Å². The fraction of sp³-hybridized carbons (Fsp3) is 0.455. The van der Waals surface area contributed by atoms with Crippen molar-refractivity contribution in [2.24, 2.45) is 0 Å². The van der Waals surface area contributed by atoms with Crippen molar-refractivity contribution >= 4 is 0 Å². The molecule has 0 nitrogen and oxygen atoms in total. The smallest absolute Gasteiger partial charge is 0.166 e. The van der Waals surface area contributed by atoms with Gasteiger partial charge < -0.3 is 0 Å². The lowest BCUT2D eigenvalue weighted by molar-refractivity contribution is -0.137. The van der Waals surface area contributed by atoms with Gasteiger partial charge in [0.1, 0.15) is 0 Å². The van der Waals surface area contributed by atoms with Gasteiger partial charge >= 0.3 is 6.18 Å². The molecule has 1 aromatic carbocycles. The number of hydrogen-bond acceptors (Lipinski definition) is 0. The van der Waals surface area contributed by atoms with Gasteiger partial charge in [0.15, 0.2) is 0 Å². The Morgan fingerprint density at radius 1 is 1.00 bits per heavy atom. The first-order valence-electron chi connectivity index (χ1n) is 4.74. The minimum Gasteiger partial charge on any atom is -0.166 e. The number of hydrogen-bond donors (Lipinski definition) is 0. The molecule has 0 aromatic heterocycles. The highest BCUT2D eigenvalue weighted by molar-refractivity contribution is 5.28. The van der Waals surface area contributed by atoms with E-state index in [0.717, 1.165) is 18.4 Å². The summed E-state index contributed by atoms with van der Waals surface area (Å²) < 4.78 is 36.6. The van der Waals surface area contributed by atoms with Gasteiger partial charge in [-0.1, -0.05) is 18.6 Å². The Morgan fingerprint density at radius 2 is 1.57 bits per heavy atom. The van der Waals surface area contributed by atoms with Crippen LogP contribution >= 0.6 is 0 Å². The molecule has 2 rings (SSSR count). The summed E-state index contributed by atoms with van der Waals surface area (Å²) in [6.07, 6.45) is -0.777. The minimum absolute atomic E-state index is 0.497. The molecule has 1 saturated carbocycles. The summed E-state index contributed by atoms with van der Waals surface area (Å²) in [7, 11) is 0. The molecule has 3 heteroatoms. The number of benzene rings is 1. The molecule has 1 aromatic rings. The molecule has 0 unspecified atom stereocenters. The van der Waals surface area contributed by atoms with Gasteiger partial charge in [-0.3, -0.25) is 0 Å². The molecular weight excluding hydrogens is 189 g/mol. The topological polar surface area (TPSA) is 0 Å². The van der Waals surface area contributed by atoms with Crippen molar-refractivity contribution < 1.29 is 13.2 Å². The van der Waals surface area contributed by atoms with Gasteiger partial charge in [-0.2, -0.15) is 13.2 Å². The summed E-state index contributed by atoms with van der Waals surface area (Å²) in [5.74, 6) is 0.497. The summed E-state index contributed by atoms with van der Waals surface area (Å²) in [6, 6.07) is 5.56. The zero-order chi connectivity index (χ0) is 10.2. The van der Waals surface area contributed by atoms with Crippen molar-refractivity contribution in [3.05, 3.63) is 35.4 Å². The average Bonchev–Trinajstić information content (AvgIpc) is 2.00. The predicted octanol–water partition coefficient (Wildman–Crippen LogP) is 3.97. The van der Waals surface area contributed by atoms with E-state index in [0.29, 0.717) is 5.92 Å². The maximum Gasteiger partial charge on any atom is 0.416 e. The van der Waals surface area contributed by atoms with Gasteiger partial charge in [-0.15, -0.1) is 0 Å². The summed E-state index contributed by atoms with van der Waals surface area (Å²) in [5.41, 5.74) is 0.491. The quantitative estimate of drug-likeness (QED) is 0.643. The van der Waals surface area contributed by atoms with Gasteiger partial charge in [-0.05, 0) is 36.5 Å². The van der Waals surface area contributed by atoms with Crippen LogP contribution in [0.4, 0.5) is 13.2 Å². The van der Waals surface area contributed by atoms with Crippen molar-refractivity contribution in [1.29, 1.82) is 0 Å². The molecule has 0 saturated heterocycles. The van der Waals surface area contributed by atoms with E-state index in [-0.39, 0.29) is 0 Å². The summed E-state index contributed by atoms with van der Waals surface area (Å²) >= 11 is 0. The maximum absolute atomic E-state index is 12.2. The Labute approximate surface area is 80.7 Å². The van der Waals surface area contributed by atoms with E-state index < -0.39 is 11.7 Å². The first-order valence-corrected chi connectivity index (χ1v) is 4.74. The second-order valence-corrected chi connectivity index (χ2v) is 3.75. The van der Waals surface area contributed by atoms with Crippen LogP contribution in [0.25, 0.3) is 0 Å². The second kappa shape index (κ2) is 3.30. The highest BCUT2D eigenvalue weighted by atomic mass is 19.4. The molecule has 76 valence electrons. The summed E-state index contributed by atoms with van der Waals surface area (Å²) in [6.45, 7) is 0. The molecule has 0 heterocycles. The molecule has 0 amide bonds. The van der Waals surface area contributed by atoms with Crippen LogP contribution in [0.15, 0.2) is 24.3 Å². The van der Waals surface area contributed by atoms with Crippen LogP contribution in [-0.2, 0) is 6.18 Å². The maximum atomic E-state index is 12.2. The van der Waals surface area contributed by atoms with Crippen molar-refractivity contribution in [3.8, 4) is 0 Å². The third kappa shape index (κ3) is 1.76. The molecule has 0 bridgehead atoms. The number of rotatable bonds is 1.